The summed E-state index contributed by atoms with van der Waals surface area (Å²) in [6.07, 6.45) is 3.67. The molecule has 6 heteroatoms. The lowest BCUT2D eigenvalue weighted by atomic mass is 10.2. The lowest BCUT2D eigenvalue weighted by molar-refractivity contribution is 0.917. The van der Waals surface area contributed by atoms with Gasteiger partial charge in [-0.2, -0.15) is 0 Å². The number of imidazole rings is 1. The third kappa shape index (κ3) is 4.38. The molecule has 0 atom stereocenters. The van der Waals surface area contributed by atoms with Gasteiger partial charge in [-0.25, -0.2) is 9.97 Å². The van der Waals surface area contributed by atoms with E-state index < -0.39 is 0 Å². The van der Waals surface area contributed by atoms with E-state index in [0.29, 0.717) is 24.6 Å². The molecule has 6 nitrogen and oxygen atoms in total. The molecule has 0 aliphatic rings. The van der Waals surface area contributed by atoms with Crippen LogP contribution < -0.4 is 16.4 Å². The highest BCUT2D eigenvalue weighted by Crippen LogP contribution is 2.31. The van der Waals surface area contributed by atoms with Gasteiger partial charge in [-0.15, -0.1) is 0 Å². The molecule has 2 aromatic heterocycles. The quantitative estimate of drug-likeness (QED) is 0.443. The van der Waals surface area contributed by atoms with Crippen molar-refractivity contribution in [3.05, 3.63) is 90.3 Å². The van der Waals surface area contributed by atoms with Crippen molar-refractivity contribution in [1.82, 2.24) is 14.5 Å². The minimum Gasteiger partial charge on any atom is -0.394 e. The minimum atomic E-state index is 0.592. The Labute approximate surface area is 170 Å². The number of nitrogen functional groups attached to an aromatic ring is 1. The predicted octanol–water partition coefficient (Wildman–Crippen LogP) is 4.29. The monoisotopic (exact) mass is 384 g/mol. The van der Waals surface area contributed by atoms with Crippen LogP contribution in [0.15, 0.2) is 79.1 Å². The summed E-state index contributed by atoms with van der Waals surface area (Å²) in [6, 6.07) is 22.4. The van der Waals surface area contributed by atoms with Crippen LogP contribution in [0.4, 0.5) is 17.2 Å². The van der Waals surface area contributed by atoms with Gasteiger partial charge in [0.05, 0.1) is 11.4 Å². The number of hydrogen-bond donors (Lipinski definition) is 3. The first-order valence-corrected chi connectivity index (χ1v) is 9.54. The fourth-order valence-electron chi connectivity index (χ4n) is 3.14. The second kappa shape index (κ2) is 8.48. The molecular formula is C23H24N6. The summed E-state index contributed by atoms with van der Waals surface area (Å²) in [4.78, 5) is 9.19. The Bertz CT molecular complexity index is 1010. The van der Waals surface area contributed by atoms with Gasteiger partial charge in [0, 0.05) is 32.5 Å². The second-order valence-corrected chi connectivity index (χ2v) is 6.86. The van der Waals surface area contributed by atoms with E-state index in [2.05, 4.69) is 39.9 Å². The van der Waals surface area contributed by atoms with Gasteiger partial charge >= 0.3 is 0 Å². The Balaban J connectivity index is 1.64. The first-order valence-electron chi connectivity index (χ1n) is 9.54. The number of aromatic nitrogens is 3. The standard InChI is InChI=1S/C23H24N6/c1-29-13-12-25-23(29)20-14-19(26-15-17-8-4-2-5-9-17)21(24)22(28-20)27-16-18-10-6-3-7-11-18/h2-14H,15-16,24H2,1H3,(H2,26,27,28). The average Bonchev–Trinajstić information content (AvgIpc) is 3.19. The van der Waals surface area contributed by atoms with Crippen LogP contribution in [0.3, 0.4) is 0 Å². The maximum atomic E-state index is 6.46. The van der Waals surface area contributed by atoms with Crippen molar-refractivity contribution in [3.8, 4) is 11.5 Å². The van der Waals surface area contributed by atoms with E-state index in [0.717, 1.165) is 22.8 Å². The van der Waals surface area contributed by atoms with Gasteiger partial charge in [0.15, 0.2) is 11.6 Å². The first kappa shape index (κ1) is 18.6. The third-order valence-corrected chi connectivity index (χ3v) is 4.74. The molecule has 0 saturated heterocycles. The normalized spacial score (nSPS) is 10.7. The lowest BCUT2D eigenvalue weighted by Crippen LogP contribution is -2.10. The van der Waals surface area contributed by atoms with Gasteiger partial charge in [0.2, 0.25) is 0 Å². The van der Waals surface area contributed by atoms with Crippen molar-refractivity contribution < 1.29 is 0 Å². The van der Waals surface area contributed by atoms with E-state index in [1.165, 1.54) is 5.56 Å². The summed E-state index contributed by atoms with van der Waals surface area (Å²) in [5.41, 5.74) is 11.0. The molecule has 0 spiro atoms. The number of nitrogens with one attached hydrogen (secondary N) is 2. The molecule has 0 amide bonds. The predicted molar refractivity (Wildman–Crippen MR) is 118 cm³/mol. The highest BCUT2D eigenvalue weighted by atomic mass is 15.1. The van der Waals surface area contributed by atoms with Crippen LogP contribution in [0.2, 0.25) is 0 Å². The van der Waals surface area contributed by atoms with Crippen molar-refractivity contribution in [2.45, 2.75) is 13.1 Å². The number of rotatable bonds is 7. The Morgan fingerprint density at radius 1 is 0.897 bits per heavy atom. The molecule has 0 bridgehead atoms. The number of hydrogen-bond acceptors (Lipinski definition) is 5. The molecule has 0 unspecified atom stereocenters. The van der Waals surface area contributed by atoms with Gasteiger partial charge in [0.1, 0.15) is 5.69 Å². The average molecular weight is 384 g/mol. The van der Waals surface area contributed by atoms with Crippen LogP contribution in [-0.4, -0.2) is 14.5 Å². The molecule has 146 valence electrons. The molecule has 0 radical (unpaired) electrons. The summed E-state index contributed by atoms with van der Waals surface area (Å²) < 4.78 is 1.94. The number of nitrogens with zero attached hydrogens (tertiary/aromatic N) is 3. The fourth-order valence-corrected chi connectivity index (χ4v) is 3.14. The Kier molecular flexibility index (Phi) is 5.42. The molecule has 4 rings (SSSR count). The van der Waals surface area contributed by atoms with Crippen molar-refractivity contribution in [2.24, 2.45) is 7.05 Å². The second-order valence-electron chi connectivity index (χ2n) is 6.86. The van der Waals surface area contributed by atoms with E-state index in [-0.39, 0.29) is 0 Å². The number of nitrogens with two attached hydrogens (primary N) is 1. The number of aryl methyl sites for hydroxylation is 1. The number of anilines is 3. The molecule has 0 aliphatic carbocycles. The molecule has 29 heavy (non-hydrogen) atoms. The van der Waals surface area contributed by atoms with Gasteiger partial charge in [-0.3, -0.25) is 0 Å². The summed E-state index contributed by atoms with van der Waals surface area (Å²) in [5, 5.41) is 6.82. The summed E-state index contributed by atoms with van der Waals surface area (Å²) in [6.45, 7) is 1.31. The Morgan fingerprint density at radius 2 is 1.52 bits per heavy atom. The van der Waals surface area contributed by atoms with E-state index in [1.807, 2.05) is 60.3 Å². The first-order chi connectivity index (χ1) is 14.2. The largest absolute Gasteiger partial charge is 0.394 e. The van der Waals surface area contributed by atoms with Crippen molar-refractivity contribution >= 4 is 17.2 Å². The van der Waals surface area contributed by atoms with Gasteiger partial charge in [0.25, 0.3) is 0 Å². The topological polar surface area (TPSA) is 80.8 Å². The minimum absolute atomic E-state index is 0.592. The van der Waals surface area contributed by atoms with Gasteiger partial charge < -0.3 is 20.9 Å². The zero-order valence-electron chi connectivity index (χ0n) is 16.3. The number of benzene rings is 2. The van der Waals surface area contributed by atoms with Crippen LogP contribution in [0.1, 0.15) is 11.1 Å². The van der Waals surface area contributed by atoms with E-state index >= 15 is 0 Å². The van der Waals surface area contributed by atoms with Gasteiger partial charge in [-0.05, 0) is 17.2 Å². The fraction of sp³-hybridized carbons (Fsp3) is 0.130. The summed E-state index contributed by atoms with van der Waals surface area (Å²) >= 11 is 0. The maximum absolute atomic E-state index is 6.46. The van der Waals surface area contributed by atoms with Crippen LogP contribution in [-0.2, 0) is 20.1 Å². The zero-order valence-corrected chi connectivity index (χ0v) is 16.3. The molecule has 4 aromatic rings. The summed E-state index contributed by atoms with van der Waals surface area (Å²) in [5.74, 6) is 1.43. The molecule has 2 aromatic carbocycles. The van der Waals surface area contributed by atoms with Crippen molar-refractivity contribution in [1.29, 1.82) is 0 Å². The van der Waals surface area contributed by atoms with Crippen LogP contribution in [0.25, 0.3) is 11.5 Å². The molecule has 4 N–H and O–H groups in total. The number of pyridine rings is 1. The Hall–Kier alpha value is -3.80. The maximum Gasteiger partial charge on any atom is 0.158 e. The smallest absolute Gasteiger partial charge is 0.158 e. The molecular weight excluding hydrogens is 360 g/mol. The molecule has 2 heterocycles. The van der Waals surface area contributed by atoms with Crippen molar-refractivity contribution in [3.63, 3.8) is 0 Å². The van der Waals surface area contributed by atoms with Crippen LogP contribution >= 0.6 is 0 Å². The molecule has 0 aliphatic heterocycles. The highest BCUT2D eigenvalue weighted by molar-refractivity contribution is 5.81. The Morgan fingerprint density at radius 3 is 2.10 bits per heavy atom. The van der Waals surface area contributed by atoms with E-state index in [4.69, 9.17) is 10.7 Å². The molecule has 0 saturated carbocycles. The van der Waals surface area contributed by atoms with Crippen molar-refractivity contribution in [2.75, 3.05) is 16.4 Å². The van der Waals surface area contributed by atoms with Crippen LogP contribution in [0, 0.1) is 0 Å². The third-order valence-electron chi connectivity index (χ3n) is 4.74. The van der Waals surface area contributed by atoms with Gasteiger partial charge in [-0.1, -0.05) is 60.7 Å². The zero-order chi connectivity index (χ0) is 20.1. The molecule has 0 fully saturated rings. The van der Waals surface area contributed by atoms with E-state index in [9.17, 15) is 0 Å². The SMILES string of the molecule is Cn1ccnc1-c1cc(NCc2ccccc2)c(N)c(NCc2ccccc2)n1. The highest BCUT2D eigenvalue weighted by Gasteiger charge is 2.14. The van der Waals surface area contributed by atoms with E-state index in [1.54, 1.807) is 6.20 Å². The van der Waals surface area contributed by atoms with Crippen LogP contribution in [0.5, 0.6) is 0 Å². The summed E-state index contributed by atoms with van der Waals surface area (Å²) in [7, 11) is 1.95. The lowest BCUT2D eigenvalue weighted by Gasteiger charge is -2.16.